The first kappa shape index (κ1) is 28.7. The Kier molecular flexibility index (Phi) is 8.10. The Bertz CT molecular complexity index is 1580. The maximum atomic E-state index is 13.2. The zero-order valence-electron chi connectivity index (χ0n) is 23.3. The normalized spacial score (nSPS) is 17.6. The van der Waals surface area contributed by atoms with Crippen LogP contribution in [0.25, 0.3) is 22.3 Å². The van der Waals surface area contributed by atoms with Crippen molar-refractivity contribution < 1.29 is 22.7 Å². The van der Waals surface area contributed by atoms with Gasteiger partial charge in [0.05, 0.1) is 42.6 Å². The first-order valence-corrected chi connectivity index (χ1v) is 15.4. The average molecular weight is 583 g/mol. The fourth-order valence-electron chi connectivity index (χ4n) is 5.53. The summed E-state index contributed by atoms with van der Waals surface area (Å²) in [6.45, 7) is 2.30. The van der Waals surface area contributed by atoms with Crippen LogP contribution in [0.4, 0.5) is 4.79 Å². The van der Waals surface area contributed by atoms with Crippen molar-refractivity contribution in [3.63, 3.8) is 0 Å². The summed E-state index contributed by atoms with van der Waals surface area (Å²) in [5, 5.41) is 14.5. The van der Waals surface area contributed by atoms with Crippen LogP contribution in [0.15, 0.2) is 31.0 Å². The fourth-order valence-corrected chi connectivity index (χ4v) is 6.77. The molecule has 3 aromatic rings. The lowest BCUT2D eigenvalue weighted by atomic mass is 9.89. The second-order valence-electron chi connectivity index (χ2n) is 10.8. The van der Waals surface area contributed by atoms with Gasteiger partial charge in [-0.25, -0.2) is 23.2 Å². The number of carbonyl (C=O) groups is 2. The number of hydrogen-bond acceptors (Lipinski definition) is 9. The third-order valence-corrected chi connectivity index (χ3v) is 9.85. The van der Waals surface area contributed by atoms with E-state index in [4.69, 9.17) is 4.74 Å². The van der Waals surface area contributed by atoms with Crippen LogP contribution in [-0.2, 0) is 25.1 Å². The first-order chi connectivity index (χ1) is 19.7. The van der Waals surface area contributed by atoms with E-state index in [-0.39, 0.29) is 56.3 Å². The maximum Gasteiger partial charge on any atom is 0.329 e. The summed E-state index contributed by atoms with van der Waals surface area (Å²) in [7, 11) is -1.72. The van der Waals surface area contributed by atoms with Gasteiger partial charge >= 0.3 is 12.0 Å². The highest BCUT2D eigenvalue weighted by Crippen LogP contribution is 2.36. The van der Waals surface area contributed by atoms with Crippen LogP contribution >= 0.6 is 0 Å². The number of hydrogen-bond donors (Lipinski definition) is 0. The van der Waals surface area contributed by atoms with Gasteiger partial charge in [-0.1, -0.05) is 19.3 Å². The van der Waals surface area contributed by atoms with Crippen molar-refractivity contribution in [1.82, 2.24) is 33.5 Å². The lowest BCUT2D eigenvalue weighted by molar-refractivity contribution is -0.149. The molecule has 4 heterocycles. The number of ether oxygens (including phenoxy) is 1. The monoisotopic (exact) mass is 582 g/mol. The van der Waals surface area contributed by atoms with Gasteiger partial charge in [0, 0.05) is 43.5 Å². The van der Waals surface area contributed by atoms with Crippen LogP contribution in [0.3, 0.4) is 0 Å². The van der Waals surface area contributed by atoms with Crippen LogP contribution in [0, 0.1) is 17.2 Å². The Morgan fingerprint density at radius 3 is 2.68 bits per heavy atom. The smallest absolute Gasteiger partial charge is 0.329 e. The summed E-state index contributed by atoms with van der Waals surface area (Å²) >= 11 is 0. The Balaban J connectivity index is 1.29. The zero-order valence-corrected chi connectivity index (χ0v) is 24.1. The van der Waals surface area contributed by atoms with Gasteiger partial charge in [-0.15, -0.1) is 0 Å². The number of rotatable bonds is 9. The number of sulfonamides is 1. The number of aromatic nitrogens is 5. The fraction of sp³-hybridized carbons (Fsp3) is 0.556. The minimum atomic E-state index is -3.36. The van der Waals surface area contributed by atoms with E-state index in [0.717, 1.165) is 32.1 Å². The van der Waals surface area contributed by atoms with Crippen molar-refractivity contribution in [3.05, 3.63) is 31.0 Å². The molecule has 5 rings (SSSR count). The van der Waals surface area contributed by atoms with E-state index >= 15 is 0 Å². The van der Waals surface area contributed by atoms with Crippen molar-refractivity contribution in [3.8, 4) is 17.3 Å². The van der Waals surface area contributed by atoms with E-state index in [1.807, 2.05) is 0 Å². The second-order valence-corrected chi connectivity index (χ2v) is 13.0. The van der Waals surface area contributed by atoms with E-state index in [9.17, 15) is 23.3 Å². The van der Waals surface area contributed by atoms with Crippen LogP contribution in [0.2, 0.25) is 0 Å². The molecule has 0 unspecified atom stereocenters. The topological polar surface area (TPSA) is 156 Å². The predicted molar refractivity (Wildman–Crippen MR) is 149 cm³/mol. The van der Waals surface area contributed by atoms with Crippen LogP contribution in [-0.4, -0.2) is 93.0 Å². The Hall–Kier alpha value is -3.83. The minimum Gasteiger partial charge on any atom is -0.464 e. The molecule has 218 valence electrons. The summed E-state index contributed by atoms with van der Waals surface area (Å²) in [5.41, 5.74) is 0.863. The molecule has 0 N–H and O–H groups in total. The highest BCUT2D eigenvalue weighted by molar-refractivity contribution is 7.89. The van der Waals surface area contributed by atoms with Gasteiger partial charge in [-0.2, -0.15) is 14.7 Å². The number of likely N-dealkylation sites (N-methyl/N-ethyl adjacent to an activating group) is 1. The van der Waals surface area contributed by atoms with Crippen molar-refractivity contribution in [2.24, 2.45) is 5.92 Å². The lowest BCUT2D eigenvalue weighted by Crippen LogP contribution is -2.64. The molecule has 0 spiro atoms. The van der Waals surface area contributed by atoms with Crippen molar-refractivity contribution >= 4 is 33.1 Å². The van der Waals surface area contributed by atoms with Gasteiger partial charge < -0.3 is 9.64 Å². The highest BCUT2D eigenvalue weighted by atomic mass is 32.2. The van der Waals surface area contributed by atoms with E-state index in [1.54, 1.807) is 43.3 Å². The molecule has 13 nitrogen and oxygen atoms in total. The third kappa shape index (κ3) is 5.56. The summed E-state index contributed by atoms with van der Waals surface area (Å²) in [4.78, 5) is 35.8. The molecular weight excluding hydrogens is 548 g/mol. The van der Waals surface area contributed by atoms with Gasteiger partial charge in [0.15, 0.2) is 5.65 Å². The van der Waals surface area contributed by atoms with Crippen molar-refractivity contribution in [1.29, 1.82) is 5.26 Å². The number of nitrogens with zero attached hydrogens (tertiary/aromatic N) is 8. The first-order valence-electron chi connectivity index (χ1n) is 13.8. The summed E-state index contributed by atoms with van der Waals surface area (Å²) in [5.74, 6) is -0.233. The Morgan fingerprint density at radius 1 is 1.22 bits per heavy atom. The molecule has 1 saturated carbocycles. The Labute approximate surface area is 238 Å². The molecule has 0 aromatic carbocycles. The zero-order chi connectivity index (χ0) is 29.2. The molecule has 0 atom stereocenters. The van der Waals surface area contributed by atoms with Crippen molar-refractivity contribution in [2.75, 3.05) is 39.0 Å². The number of amides is 1. The largest absolute Gasteiger partial charge is 0.464 e. The maximum absolute atomic E-state index is 13.2. The van der Waals surface area contributed by atoms with E-state index in [2.05, 4.69) is 21.1 Å². The molecule has 0 bridgehead atoms. The minimum absolute atomic E-state index is 0.00454. The van der Waals surface area contributed by atoms with Gasteiger partial charge in [0.1, 0.15) is 18.5 Å². The number of carbonyl (C=O) groups excluding carboxylic acids is 2. The lowest BCUT2D eigenvalue weighted by Gasteiger charge is -2.47. The van der Waals surface area contributed by atoms with Gasteiger partial charge in [-0.3, -0.25) is 14.0 Å². The predicted octanol–water partition coefficient (Wildman–Crippen LogP) is 2.59. The molecule has 41 heavy (non-hydrogen) atoms. The summed E-state index contributed by atoms with van der Waals surface area (Å²) < 4.78 is 34.4. The number of nitriles is 1. The second kappa shape index (κ2) is 11.6. The van der Waals surface area contributed by atoms with E-state index < -0.39 is 15.6 Å². The SMILES string of the molecule is CCS(=O)(=O)N1CC(CC#N)(n2cc(-c3ncnc4c3ccn4C(=O)N(C)CCOC(=O)C3CCCCC3)cn2)C1. The molecule has 1 saturated heterocycles. The van der Waals surface area contributed by atoms with E-state index in [0.29, 0.717) is 22.3 Å². The van der Waals surface area contributed by atoms with Crippen molar-refractivity contribution in [2.45, 2.75) is 51.0 Å². The highest BCUT2D eigenvalue weighted by Gasteiger charge is 2.49. The van der Waals surface area contributed by atoms with Gasteiger partial charge in [0.2, 0.25) is 10.0 Å². The molecule has 1 aliphatic heterocycles. The number of esters is 1. The Morgan fingerprint density at radius 2 is 1.98 bits per heavy atom. The quantitative estimate of drug-likeness (QED) is 0.346. The molecule has 2 aliphatic rings. The standard InChI is InChI=1S/C27H34N8O5S/c1-3-41(38,39)33-17-27(18-33,10-11-28)35-16-21(15-31-35)23-22-9-12-34(24(22)30-19-29-23)26(37)32(2)13-14-40-25(36)20-7-5-4-6-8-20/h9,12,15-16,19-20H,3-8,10,13-14,17-18H2,1-2H3. The van der Waals surface area contributed by atoms with Gasteiger partial charge in [0.25, 0.3) is 0 Å². The van der Waals surface area contributed by atoms with E-state index in [1.165, 1.54) is 20.1 Å². The molecule has 1 aliphatic carbocycles. The molecule has 14 heteroatoms. The molecule has 2 fully saturated rings. The molecular formula is C27H34N8O5S. The summed E-state index contributed by atoms with van der Waals surface area (Å²) in [6.07, 6.45) is 11.4. The average Bonchev–Trinajstić information content (AvgIpc) is 3.62. The van der Waals surface area contributed by atoms with Crippen LogP contribution in [0.5, 0.6) is 0 Å². The van der Waals surface area contributed by atoms with Gasteiger partial charge in [-0.05, 0) is 25.8 Å². The molecule has 3 aromatic heterocycles. The summed E-state index contributed by atoms with van der Waals surface area (Å²) in [6, 6.07) is 3.59. The third-order valence-electron chi connectivity index (χ3n) is 8.07. The van der Waals surface area contributed by atoms with Crippen LogP contribution < -0.4 is 0 Å². The number of fused-ring (bicyclic) bond motifs is 1. The molecule has 1 amide bonds. The molecule has 0 radical (unpaired) electrons. The van der Waals surface area contributed by atoms with Crippen LogP contribution in [0.1, 0.15) is 45.4 Å².